The van der Waals surface area contributed by atoms with E-state index in [2.05, 4.69) is 15.2 Å². The first-order valence-corrected chi connectivity index (χ1v) is 9.66. The Morgan fingerprint density at radius 2 is 1.87 bits per heavy atom. The van der Waals surface area contributed by atoms with E-state index in [0.29, 0.717) is 24.5 Å². The maximum Gasteiger partial charge on any atom is 0.329 e. The fourth-order valence-electron chi connectivity index (χ4n) is 3.55. The largest absolute Gasteiger partial charge is 0.497 e. The van der Waals surface area contributed by atoms with Gasteiger partial charge < -0.3 is 19.9 Å². The summed E-state index contributed by atoms with van der Waals surface area (Å²) in [6.07, 6.45) is 1.87. The van der Waals surface area contributed by atoms with Gasteiger partial charge in [-0.2, -0.15) is 0 Å². The first kappa shape index (κ1) is 19.5. The molecule has 8 heteroatoms. The summed E-state index contributed by atoms with van der Waals surface area (Å²) in [5, 5.41) is 6.54. The van der Waals surface area contributed by atoms with Gasteiger partial charge in [0, 0.05) is 24.8 Å². The summed E-state index contributed by atoms with van der Waals surface area (Å²) in [6, 6.07) is 15.2. The fraction of sp³-hybridized carbons (Fsp3) is 0.227. The number of rotatable bonds is 7. The van der Waals surface area contributed by atoms with Crippen molar-refractivity contribution >= 4 is 34.4 Å². The number of ether oxygens (including phenoxy) is 1. The lowest BCUT2D eigenvalue weighted by Crippen LogP contribution is -2.37. The molecule has 2 aromatic carbocycles. The quantitative estimate of drug-likeness (QED) is 0.589. The van der Waals surface area contributed by atoms with Gasteiger partial charge in [-0.1, -0.05) is 18.2 Å². The molecule has 4 amide bonds. The molecule has 1 aliphatic rings. The van der Waals surface area contributed by atoms with Gasteiger partial charge in [0.25, 0.3) is 5.91 Å². The van der Waals surface area contributed by atoms with Gasteiger partial charge in [0.15, 0.2) is 0 Å². The highest BCUT2D eigenvalue weighted by molar-refractivity contribution is 6.22. The van der Waals surface area contributed by atoms with Crippen LogP contribution in [0, 0.1) is 0 Å². The van der Waals surface area contributed by atoms with Crippen LogP contribution >= 0.6 is 0 Å². The van der Waals surface area contributed by atoms with Gasteiger partial charge in [-0.25, -0.2) is 9.69 Å². The highest BCUT2D eigenvalue weighted by Gasteiger charge is 2.39. The van der Waals surface area contributed by atoms with Gasteiger partial charge in [0.05, 0.1) is 19.2 Å². The number of hydrogen-bond acceptors (Lipinski definition) is 4. The average Bonchev–Trinajstić information content (AvgIpc) is 3.29. The number of methoxy groups -OCH3 is 1. The third kappa shape index (κ3) is 3.84. The summed E-state index contributed by atoms with van der Waals surface area (Å²) in [6.45, 7) is 1.04. The van der Waals surface area contributed by atoms with E-state index < -0.39 is 18.0 Å². The van der Waals surface area contributed by atoms with Crippen molar-refractivity contribution in [3.63, 3.8) is 0 Å². The Labute approximate surface area is 173 Å². The Kier molecular flexibility index (Phi) is 5.38. The van der Waals surface area contributed by atoms with E-state index in [9.17, 15) is 14.4 Å². The van der Waals surface area contributed by atoms with E-state index in [0.717, 1.165) is 15.8 Å². The molecule has 0 saturated carbocycles. The summed E-state index contributed by atoms with van der Waals surface area (Å²) < 4.78 is 7.15. The Bertz CT molecular complexity index is 1090. The van der Waals surface area contributed by atoms with E-state index in [1.54, 1.807) is 24.3 Å². The lowest BCUT2D eigenvalue weighted by Gasteiger charge is -2.13. The maximum atomic E-state index is 12.6. The van der Waals surface area contributed by atoms with Crippen molar-refractivity contribution in [2.24, 2.45) is 0 Å². The predicted octanol–water partition coefficient (Wildman–Crippen LogP) is 2.28. The molecule has 0 unspecified atom stereocenters. The Balaban J connectivity index is 1.32. The second-order valence-corrected chi connectivity index (χ2v) is 7.00. The fourth-order valence-corrected chi connectivity index (χ4v) is 3.55. The number of nitrogens with one attached hydrogen (secondary N) is 2. The van der Waals surface area contributed by atoms with E-state index in [-0.39, 0.29) is 12.3 Å². The molecule has 4 rings (SSSR count). The standard InChI is InChI=1S/C22H22N4O4/c1-30-17-8-6-16(7-9-17)26-21(28)18(24-22(26)29)14-20(27)23-11-13-25-12-10-15-4-2-3-5-19(15)25/h2-10,12,18H,11,13-14H2,1H3,(H,23,27)(H,24,29)/t18-/m0/s1. The minimum atomic E-state index is -0.882. The van der Waals surface area contributed by atoms with Crippen molar-refractivity contribution < 1.29 is 19.1 Å². The molecule has 1 aliphatic heterocycles. The zero-order valence-corrected chi connectivity index (χ0v) is 16.5. The molecule has 30 heavy (non-hydrogen) atoms. The third-order valence-electron chi connectivity index (χ3n) is 5.09. The second kappa shape index (κ2) is 8.28. The average molecular weight is 406 g/mol. The van der Waals surface area contributed by atoms with Crippen LogP contribution in [0.25, 0.3) is 10.9 Å². The molecule has 3 aromatic rings. The van der Waals surface area contributed by atoms with Gasteiger partial charge in [-0.05, 0) is 41.8 Å². The van der Waals surface area contributed by atoms with Crippen LogP contribution in [0.3, 0.4) is 0 Å². The van der Waals surface area contributed by atoms with Crippen molar-refractivity contribution in [2.45, 2.75) is 19.0 Å². The van der Waals surface area contributed by atoms with Gasteiger partial charge in [-0.15, -0.1) is 0 Å². The van der Waals surface area contributed by atoms with Crippen molar-refractivity contribution in [1.29, 1.82) is 0 Å². The van der Waals surface area contributed by atoms with E-state index in [1.165, 1.54) is 7.11 Å². The molecular weight excluding hydrogens is 384 g/mol. The number of hydrogen-bond donors (Lipinski definition) is 2. The van der Waals surface area contributed by atoms with E-state index in [1.807, 2.05) is 36.5 Å². The van der Waals surface area contributed by atoms with Crippen LogP contribution < -0.4 is 20.3 Å². The molecule has 2 N–H and O–H groups in total. The zero-order chi connectivity index (χ0) is 21.1. The number of urea groups is 1. The third-order valence-corrected chi connectivity index (χ3v) is 5.09. The van der Waals surface area contributed by atoms with E-state index in [4.69, 9.17) is 4.74 Å². The monoisotopic (exact) mass is 406 g/mol. The summed E-state index contributed by atoms with van der Waals surface area (Å²) in [4.78, 5) is 38.2. The lowest BCUT2D eigenvalue weighted by atomic mass is 10.2. The molecule has 1 atom stereocenters. The number of imide groups is 1. The zero-order valence-electron chi connectivity index (χ0n) is 16.5. The molecule has 154 valence electrons. The summed E-state index contributed by atoms with van der Waals surface area (Å²) in [7, 11) is 1.54. The number of fused-ring (bicyclic) bond motifs is 1. The number of nitrogens with zero attached hydrogens (tertiary/aromatic N) is 2. The van der Waals surface area contributed by atoms with E-state index >= 15 is 0 Å². The first-order valence-electron chi connectivity index (χ1n) is 9.66. The molecule has 0 spiro atoms. The topological polar surface area (TPSA) is 92.7 Å². The number of carbonyl (C=O) groups excluding carboxylic acids is 3. The first-order chi connectivity index (χ1) is 14.6. The molecular formula is C22H22N4O4. The summed E-state index contributed by atoms with van der Waals surface area (Å²) >= 11 is 0. The smallest absolute Gasteiger partial charge is 0.329 e. The lowest BCUT2D eigenvalue weighted by molar-refractivity contribution is -0.125. The van der Waals surface area contributed by atoms with Crippen LogP contribution in [0.5, 0.6) is 5.75 Å². The highest BCUT2D eigenvalue weighted by Crippen LogP contribution is 2.23. The number of amides is 4. The Morgan fingerprint density at radius 3 is 2.63 bits per heavy atom. The molecule has 1 aromatic heterocycles. The maximum absolute atomic E-state index is 12.6. The summed E-state index contributed by atoms with van der Waals surface area (Å²) in [5.41, 5.74) is 1.53. The van der Waals surface area contributed by atoms with Crippen molar-refractivity contribution in [2.75, 3.05) is 18.6 Å². The predicted molar refractivity (Wildman–Crippen MR) is 112 cm³/mol. The van der Waals surface area contributed by atoms with Crippen LogP contribution in [0.4, 0.5) is 10.5 Å². The molecule has 1 fully saturated rings. The van der Waals surface area contributed by atoms with Gasteiger partial charge >= 0.3 is 6.03 Å². The van der Waals surface area contributed by atoms with Crippen molar-refractivity contribution in [3.8, 4) is 5.75 Å². The minimum Gasteiger partial charge on any atom is -0.497 e. The summed E-state index contributed by atoms with van der Waals surface area (Å²) in [5.74, 6) is -0.115. The van der Waals surface area contributed by atoms with Crippen molar-refractivity contribution in [3.05, 3.63) is 60.8 Å². The molecule has 0 aliphatic carbocycles. The van der Waals surface area contributed by atoms with Gasteiger partial charge in [0.1, 0.15) is 11.8 Å². The highest BCUT2D eigenvalue weighted by atomic mass is 16.5. The Morgan fingerprint density at radius 1 is 1.10 bits per heavy atom. The number of carbonyl (C=O) groups is 3. The normalized spacial score (nSPS) is 16.0. The van der Waals surface area contributed by atoms with Crippen LogP contribution in [0.1, 0.15) is 6.42 Å². The van der Waals surface area contributed by atoms with Crippen LogP contribution in [0.15, 0.2) is 60.8 Å². The molecule has 1 saturated heterocycles. The number of para-hydroxylation sites is 1. The Hall–Kier alpha value is -3.81. The van der Waals surface area contributed by atoms with Crippen LogP contribution in [0.2, 0.25) is 0 Å². The number of anilines is 1. The van der Waals surface area contributed by atoms with Crippen LogP contribution in [-0.4, -0.2) is 42.1 Å². The molecule has 8 nitrogen and oxygen atoms in total. The van der Waals surface area contributed by atoms with Gasteiger partial charge in [0.2, 0.25) is 5.91 Å². The number of aromatic nitrogens is 1. The SMILES string of the molecule is COc1ccc(N2C(=O)N[C@@H](CC(=O)NCCn3ccc4ccccc43)C2=O)cc1. The number of benzene rings is 2. The molecule has 2 heterocycles. The van der Waals surface area contributed by atoms with Crippen LogP contribution in [-0.2, 0) is 16.1 Å². The minimum absolute atomic E-state index is 0.107. The molecule has 0 radical (unpaired) electrons. The molecule has 0 bridgehead atoms. The second-order valence-electron chi connectivity index (χ2n) is 7.00. The van der Waals surface area contributed by atoms with Gasteiger partial charge in [-0.3, -0.25) is 9.59 Å². The van der Waals surface area contributed by atoms with Crippen molar-refractivity contribution in [1.82, 2.24) is 15.2 Å².